The van der Waals surface area contributed by atoms with Crippen LogP contribution in [0.25, 0.3) is 0 Å². The fourth-order valence-electron chi connectivity index (χ4n) is 4.39. The summed E-state index contributed by atoms with van der Waals surface area (Å²) in [7, 11) is 0. The van der Waals surface area contributed by atoms with Crippen LogP contribution in [0.1, 0.15) is 70.8 Å². The number of nitrogens with zero attached hydrogens (tertiary/aromatic N) is 4. The van der Waals surface area contributed by atoms with E-state index in [9.17, 15) is 4.79 Å². The fourth-order valence-corrected chi connectivity index (χ4v) is 4.39. The Hall–Kier alpha value is -2.83. The minimum absolute atomic E-state index is 0.00822. The van der Waals surface area contributed by atoms with Crippen LogP contribution in [-0.2, 0) is 19.5 Å². The Bertz CT molecular complexity index is 1030. The van der Waals surface area contributed by atoms with Crippen LogP contribution in [0.2, 0.25) is 0 Å². The minimum atomic E-state index is 0.00822. The molecule has 1 N–H and O–H groups in total. The number of furan rings is 1. The molecule has 3 aromatic heterocycles. The van der Waals surface area contributed by atoms with E-state index < -0.39 is 0 Å². The molecule has 29 heavy (non-hydrogen) atoms. The molecule has 1 aliphatic carbocycles. The molecular formula is C22H27N5O2. The van der Waals surface area contributed by atoms with Crippen molar-refractivity contribution >= 4 is 5.91 Å². The van der Waals surface area contributed by atoms with E-state index >= 15 is 0 Å². The van der Waals surface area contributed by atoms with Gasteiger partial charge in [-0.2, -0.15) is 0 Å². The second kappa shape index (κ2) is 7.21. The SMILES string of the molecule is Cc1cc(C(=O)N[C@H]2CCc3nnc(C4CC4)n3CC2)c(C)n1Cc1ccco1. The second-order valence-electron chi connectivity index (χ2n) is 8.35. The van der Waals surface area contributed by atoms with E-state index in [4.69, 9.17) is 4.42 Å². The Balaban J connectivity index is 1.27. The zero-order valence-corrected chi connectivity index (χ0v) is 17.0. The first-order chi connectivity index (χ1) is 14.1. The number of nitrogens with one attached hydrogen (secondary N) is 1. The van der Waals surface area contributed by atoms with Gasteiger partial charge in [0.25, 0.3) is 5.91 Å². The van der Waals surface area contributed by atoms with Crippen LogP contribution in [0.4, 0.5) is 0 Å². The van der Waals surface area contributed by atoms with Crippen LogP contribution < -0.4 is 5.32 Å². The number of carbonyl (C=O) groups is 1. The third-order valence-electron chi connectivity index (χ3n) is 6.26. The molecule has 1 saturated carbocycles. The molecule has 5 rings (SSSR count). The van der Waals surface area contributed by atoms with Gasteiger partial charge in [0.2, 0.25) is 0 Å². The van der Waals surface area contributed by atoms with Crippen LogP contribution in [0.15, 0.2) is 28.9 Å². The lowest BCUT2D eigenvalue weighted by atomic mass is 10.1. The number of carbonyl (C=O) groups excluding carboxylic acids is 1. The summed E-state index contributed by atoms with van der Waals surface area (Å²) in [5.41, 5.74) is 2.78. The van der Waals surface area contributed by atoms with Crippen molar-refractivity contribution in [2.45, 2.75) is 71.0 Å². The monoisotopic (exact) mass is 393 g/mol. The van der Waals surface area contributed by atoms with Crippen molar-refractivity contribution in [2.75, 3.05) is 0 Å². The molecule has 0 radical (unpaired) electrons. The second-order valence-corrected chi connectivity index (χ2v) is 8.35. The molecule has 0 aromatic carbocycles. The van der Waals surface area contributed by atoms with Gasteiger partial charge in [-0.1, -0.05) is 0 Å². The van der Waals surface area contributed by atoms with E-state index in [1.165, 1.54) is 12.8 Å². The Morgan fingerprint density at radius 3 is 2.86 bits per heavy atom. The molecule has 1 fully saturated rings. The quantitative estimate of drug-likeness (QED) is 0.721. The van der Waals surface area contributed by atoms with Gasteiger partial charge in [-0.3, -0.25) is 4.79 Å². The maximum absolute atomic E-state index is 13.0. The summed E-state index contributed by atoms with van der Waals surface area (Å²) in [5.74, 6) is 3.71. The smallest absolute Gasteiger partial charge is 0.253 e. The highest BCUT2D eigenvalue weighted by Gasteiger charge is 2.31. The first kappa shape index (κ1) is 18.2. The Kier molecular flexibility index (Phi) is 4.53. The van der Waals surface area contributed by atoms with Gasteiger partial charge in [0.05, 0.1) is 18.4 Å². The third-order valence-corrected chi connectivity index (χ3v) is 6.26. The standard InChI is InChI=1S/C22H27N5O2/c1-14-12-19(15(2)27(14)13-18-4-3-11-29-18)22(28)23-17-7-8-20-24-25-21(16-5-6-16)26(20)10-9-17/h3-4,11-12,16-17H,5-10,13H2,1-2H3,(H,23,28)/t17-/m0/s1. The number of aromatic nitrogens is 4. The molecule has 0 spiro atoms. The topological polar surface area (TPSA) is 77.9 Å². The number of amides is 1. The van der Waals surface area contributed by atoms with Gasteiger partial charge in [0, 0.05) is 36.3 Å². The maximum atomic E-state index is 13.0. The molecule has 1 aliphatic heterocycles. The summed E-state index contributed by atoms with van der Waals surface area (Å²) in [5, 5.41) is 12.1. The predicted molar refractivity (Wildman–Crippen MR) is 108 cm³/mol. The molecule has 3 aromatic rings. The lowest BCUT2D eigenvalue weighted by Crippen LogP contribution is -2.35. The number of rotatable bonds is 5. The van der Waals surface area contributed by atoms with Crippen molar-refractivity contribution in [1.82, 2.24) is 24.6 Å². The molecule has 0 saturated heterocycles. The van der Waals surface area contributed by atoms with Crippen LogP contribution in [0, 0.1) is 13.8 Å². The summed E-state index contributed by atoms with van der Waals surface area (Å²) < 4.78 is 9.89. The summed E-state index contributed by atoms with van der Waals surface area (Å²) in [6.45, 7) is 5.56. The summed E-state index contributed by atoms with van der Waals surface area (Å²) in [6.07, 6.45) is 6.82. The highest BCUT2D eigenvalue weighted by molar-refractivity contribution is 5.95. The Morgan fingerprint density at radius 1 is 1.24 bits per heavy atom. The highest BCUT2D eigenvalue weighted by atomic mass is 16.3. The van der Waals surface area contributed by atoms with E-state index in [0.29, 0.717) is 12.5 Å². The van der Waals surface area contributed by atoms with Crippen molar-refractivity contribution in [3.63, 3.8) is 0 Å². The summed E-state index contributed by atoms with van der Waals surface area (Å²) >= 11 is 0. The number of fused-ring (bicyclic) bond motifs is 1. The fraction of sp³-hybridized carbons (Fsp3) is 0.500. The zero-order chi connectivity index (χ0) is 20.0. The first-order valence-corrected chi connectivity index (χ1v) is 10.5. The number of aryl methyl sites for hydroxylation is 2. The lowest BCUT2D eigenvalue weighted by molar-refractivity contribution is 0.0932. The average Bonchev–Trinajstić information content (AvgIpc) is 3.23. The minimum Gasteiger partial charge on any atom is -0.467 e. The van der Waals surface area contributed by atoms with Crippen LogP contribution in [-0.4, -0.2) is 31.3 Å². The maximum Gasteiger partial charge on any atom is 0.253 e. The van der Waals surface area contributed by atoms with Crippen LogP contribution in [0.5, 0.6) is 0 Å². The molecule has 7 nitrogen and oxygen atoms in total. The molecule has 2 aliphatic rings. The largest absolute Gasteiger partial charge is 0.467 e. The van der Waals surface area contributed by atoms with Crippen molar-refractivity contribution in [1.29, 1.82) is 0 Å². The van der Waals surface area contributed by atoms with Crippen molar-refractivity contribution in [3.05, 3.63) is 58.8 Å². The van der Waals surface area contributed by atoms with E-state index in [2.05, 4.69) is 24.6 Å². The van der Waals surface area contributed by atoms with E-state index in [0.717, 1.165) is 60.2 Å². The van der Waals surface area contributed by atoms with Crippen LogP contribution >= 0.6 is 0 Å². The molecule has 152 valence electrons. The zero-order valence-electron chi connectivity index (χ0n) is 17.0. The predicted octanol–water partition coefficient (Wildman–Crippen LogP) is 3.35. The summed E-state index contributed by atoms with van der Waals surface area (Å²) in [4.78, 5) is 13.0. The third kappa shape index (κ3) is 3.50. The molecule has 1 atom stereocenters. The molecule has 4 heterocycles. The lowest BCUT2D eigenvalue weighted by Gasteiger charge is -2.16. The molecular weight excluding hydrogens is 366 g/mol. The van der Waals surface area contributed by atoms with Gasteiger partial charge in [-0.25, -0.2) is 0 Å². The van der Waals surface area contributed by atoms with E-state index in [1.807, 2.05) is 32.0 Å². The highest BCUT2D eigenvalue weighted by Crippen LogP contribution is 2.39. The van der Waals surface area contributed by atoms with Gasteiger partial charge < -0.3 is 18.9 Å². The number of hydrogen-bond donors (Lipinski definition) is 1. The summed E-state index contributed by atoms with van der Waals surface area (Å²) in [6, 6.07) is 5.98. The van der Waals surface area contributed by atoms with Gasteiger partial charge >= 0.3 is 0 Å². The van der Waals surface area contributed by atoms with Gasteiger partial charge in [-0.05, 0) is 57.7 Å². The van der Waals surface area contributed by atoms with Gasteiger partial charge in [-0.15, -0.1) is 10.2 Å². The normalized spacial score (nSPS) is 19.0. The molecule has 0 unspecified atom stereocenters. The number of hydrogen-bond acceptors (Lipinski definition) is 4. The average molecular weight is 393 g/mol. The van der Waals surface area contributed by atoms with Gasteiger partial charge in [0.15, 0.2) is 0 Å². The Morgan fingerprint density at radius 2 is 2.10 bits per heavy atom. The first-order valence-electron chi connectivity index (χ1n) is 10.5. The van der Waals surface area contributed by atoms with Crippen LogP contribution in [0.3, 0.4) is 0 Å². The van der Waals surface area contributed by atoms with Gasteiger partial charge in [0.1, 0.15) is 17.4 Å². The van der Waals surface area contributed by atoms with E-state index in [-0.39, 0.29) is 11.9 Å². The molecule has 1 amide bonds. The van der Waals surface area contributed by atoms with Crippen molar-refractivity contribution in [2.24, 2.45) is 0 Å². The molecule has 7 heteroatoms. The Labute approximate surface area is 170 Å². The van der Waals surface area contributed by atoms with Crippen molar-refractivity contribution < 1.29 is 9.21 Å². The molecule has 0 bridgehead atoms. The van der Waals surface area contributed by atoms with E-state index in [1.54, 1.807) is 6.26 Å². The van der Waals surface area contributed by atoms with Crippen molar-refractivity contribution in [3.8, 4) is 0 Å².